The summed E-state index contributed by atoms with van der Waals surface area (Å²) >= 11 is 0. The third-order valence-electron chi connectivity index (χ3n) is 4.20. The average molecular weight is 288 g/mol. The van der Waals surface area contributed by atoms with E-state index in [2.05, 4.69) is 4.74 Å². The lowest BCUT2D eigenvalue weighted by atomic mass is 9.87. The monoisotopic (exact) mass is 288 g/mol. The molecule has 0 aromatic carbocycles. The molecule has 2 heterocycles. The van der Waals surface area contributed by atoms with Gasteiger partial charge in [-0.3, -0.25) is 9.59 Å². The van der Waals surface area contributed by atoms with E-state index in [1.54, 1.807) is 13.4 Å². The first-order valence-electron chi connectivity index (χ1n) is 6.79. The van der Waals surface area contributed by atoms with Crippen LogP contribution in [0.25, 0.3) is 11.1 Å². The fourth-order valence-electron chi connectivity index (χ4n) is 3.11. The predicted molar refractivity (Wildman–Crippen MR) is 74.4 cm³/mol. The van der Waals surface area contributed by atoms with Gasteiger partial charge >= 0.3 is 11.9 Å². The van der Waals surface area contributed by atoms with Crippen LogP contribution in [0.4, 0.5) is 0 Å². The van der Waals surface area contributed by atoms with Crippen molar-refractivity contribution in [3.8, 4) is 16.9 Å². The minimum absolute atomic E-state index is 0.175. The van der Waals surface area contributed by atoms with E-state index < -0.39 is 11.9 Å². The lowest BCUT2D eigenvalue weighted by Crippen LogP contribution is -2.24. The molecule has 1 fully saturated rings. The summed E-state index contributed by atoms with van der Waals surface area (Å²) in [4.78, 5) is 23.1. The molecule has 0 bridgehead atoms. The second-order valence-electron chi connectivity index (χ2n) is 5.34. The number of methoxy groups -OCH3 is 1. The maximum absolute atomic E-state index is 11.6. The maximum atomic E-state index is 11.6. The number of rotatable bonds is 2. The third kappa shape index (κ3) is 2.09. The number of hydrogen-bond donors (Lipinski definition) is 0. The molecule has 1 saturated heterocycles. The van der Waals surface area contributed by atoms with Crippen LogP contribution in [0.3, 0.4) is 0 Å². The van der Waals surface area contributed by atoms with E-state index in [1.165, 1.54) is 6.26 Å². The Labute approximate surface area is 122 Å². The first kappa shape index (κ1) is 13.7. The molecule has 110 valence electrons. The van der Waals surface area contributed by atoms with Crippen molar-refractivity contribution in [1.29, 1.82) is 0 Å². The van der Waals surface area contributed by atoms with Gasteiger partial charge in [0.15, 0.2) is 5.75 Å². The topological polar surface area (TPSA) is 65.7 Å². The van der Waals surface area contributed by atoms with Gasteiger partial charge in [0.2, 0.25) is 0 Å². The van der Waals surface area contributed by atoms with Gasteiger partial charge < -0.3 is 13.9 Å². The van der Waals surface area contributed by atoms with E-state index in [4.69, 9.17) is 9.15 Å². The van der Waals surface area contributed by atoms with Crippen LogP contribution in [0.15, 0.2) is 16.9 Å². The van der Waals surface area contributed by atoms with Gasteiger partial charge in [0, 0.05) is 17.0 Å². The highest BCUT2D eigenvalue weighted by Gasteiger charge is 2.34. The van der Waals surface area contributed by atoms with Gasteiger partial charge in [-0.2, -0.15) is 0 Å². The zero-order valence-electron chi connectivity index (χ0n) is 12.2. The fraction of sp³-hybridized carbons (Fsp3) is 0.375. The van der Waals surface area contributed by atoms with Crippen molar-refractivity contribution in [3.05, 3.63) is 29.2 Å². The minimum atomic E-state index is -0.470. The Morgan fingerprint density at radius 2 is 1.76 bits per heavy atom. The molecule has 3 rings (SSSR count). The van der Waals surface area contributed by atoms with E-state index in [0.29, 0.717) is 5.75 Å². The van der Waals surface area contributed by atoms with Gasteiger partial charge in [-0.15, -0.1) is 0 Å². The summed E-state index contributed by atoms with van der Waals surface area (Å²) in [5.41, 5.74) is 5.01. The Hall–Kier alpha value is -2.30. The quantitative estimate of drug-likeness (QED) is 0.628. The summed E-state index contributed by atoms with van der Waals surface area (Å²) in [6, 6.07) is 0. The highest BCUT2D eigenvalue weighted by Crippen LogP contribution is 2.47. The normalized spacial score (nSPS) is 16.3. The van der Waals surface area contributed by atoms with Gasteiger partial charge in [-0.05, 0) is 30.5 Å². The van der Waals surface area contributed by atoms with Gasteiger partial charge in [0.05, 0.1) is 26.2 Å². The number of fused-ring (bicyclic) bond motifs is 1. The number of carbonyl (C=O) groups is 2. The molecule has 5 nitrogen and oxygen atoms in total. The Balaban J connectivity index is 2.20. The standard InChI is InChI=1S/C16H16O5/c1-8-9(2)15(10-4-13(17)21-14(18)5-10)16-11(8)6-20-7-12(16)19-3/h6-7,10H,4-5H2,1-3H3. The second-order valence-corrected chi connectivity index (χ2v) is 5.34. The molecule has 5 heteroatoms. The first-order chi connectivity index (χ1) is 10.0. The molecule has 0 aromatic rings. The van der Waals surface area contributed by atoms with Crippen LogP contribution in [-0.4, -0.2) is 19.0 Å². The molecule has 21 heavy (non-hydrogen) atoms. The molecule has 3 aliphatic rings. The summed E-state index contributed by atoms with van der Waals surface area (Å²) < 4.78 is 15.3. The minimum Gasteiger partial charge on any atom is -0.493 e. The zero-order valence-corrected chi connectivity index (χ0v) is 12.2. The van der Waals surface area contributed by atoms with Gasteiger partial charge in [0.1, 0.15) is 6.26 Å². The summed E-state index contributed by atoms with van der Waals surface area (Å²) in [5, 5.41) is 0. The molecule has 0 radical (unpaired) electrons. The van der Waals surface area contributed by atoms with E-state index in [9.17, 15) is 9.59 Å². The highest BCUT2D eigenvalue weighted by molar-refractivity contribution is 5.91. The molecule has 0 atom stereocenters. The average Bonchev–Trinajstić information content (AvgIpc) is 2.70. The predicted octanol–water partition coefficient (Wildman–Crippen LogP) is 2.96. The van der Waals surface area contributed by atoms with E-state index in [1.807, 2.05) is 13.8 Å². The smallest absolute Gasteiger partial charge is 0.314 e. The molecule has 2 aliphatic heterocycles. The number of cyclic esters (lactones) is 2. The van der Waals surface area contributed by atoms with Crippen LogP contribution in [0, 0.1) is 13.8 Å². The molecule has 0 N–H and O–H groups in total. The summed E-state index contributed by atoms with van der Waals surface area (Å²) in [5.74, 6) is -0.499. The van der Waals surface area contributed by atoms with Crippen LogP contribution in [0.1, 0.15) is 35.4 Å². The van der Waals surface area contributed by atoms with E-state index in [-0.39, 0.29) is 18.8 Å². The van der Waals surface area contributed by atoms with Crippen LogP contribution in [0.5, 0.6) is 5.75 Å². The SMILES string of the molecule is COc1cocc2c(C)c(C)c(C3CC(=O)OC(=O)C3)c1-2. The van der Waals surface area contributed by atoms with Crippen LogP contribution >= 0.6 is 0 Å². The molecule has 0 spiro atoms. The van der Waals surface area contributed by atoms with E-state index in [0.717, 1.165) is 27.8 Å². The Morgan fingerprint density at radius 1 is 1.10 bits per heavy atom. The summed E-state index contributed by atoms with van der Waals surface area (Å²) in [6.07, 6.45) is 3.63. The molecule has 1 aliphatic carbocycles. The third-order valence-corrected chi connectivity index (χ3v) is 4.20. The Bertz CT molecular complexity index is 681. The Morgan fingerprint density at radius 3 is 2.38 bits per heavy atom. The number of hydrogen-bond acceptors (Lipinski definition) is 5. The first-order valence-corrected chi connectivity index (χ1v) is 6.79. The molecule has 0 unspecified atom stereocenters. The molecular formula is C16H16O5. The fourth-order valence-corrected chi connectivity index (χ4v) is 3.11. The van der Waals surface area contributed by atoms with Crippen molar-refractivity contribution in [2.45, 2.75) is 32.6 Å². The Kier molecular flexibility index (Phi) is 3.20. The molecule has 0 aromatic heterocycles. The number of ether oxygens (including phenoxy) is 2. The van der Waals surface area contributed by atoms with E-state index >= 15 is 0 Å². The van der Waals surface area contributed by atoms with Crippen LogP contribution in [-0.2, 0) is 14.3 Å². The van der Waals surface area contributed by atoms with Gasteiger partial charge in [0.25, 0.3) is 0 Å². The van der Waals surface area contributed by atoms with Gasteiger partial charge in [-0.25, -0.2) is 0 Å². The van der Waals surface area contributed by atoms with Crippen molar-refractivity contribution in [2.24, 2.45) is 0 Å². The molecule has 0 amide bonds. The van der Waals surface area contributed by atoms with Crippen molar-refractivity contribution in [2.75, 3.05) is 7.11 Å². The lowest BCUT2D eigenvalue weighted by molar-refractivity contribution is -0.163. The van der Waals surface area contributed by atoms with Gasteiger partial charge in [-0.1, -0.05) is 0 Å². The van der Waals surface area contributed by atoms with Crippen LogP contribution in [0.2, 0.25) is 0 Å². The number of carbonyl (C=O) groups excluding carboxylic acids is 2. The van der Waals surface area contributed by atoms with Crippen molar-refractivity contribution < 1.29 is 23.5 Å². The maximum Gasteiger partial charge on any atom is 0.314 e. The molecular weight excluding hydrogens is 272 g/mol. The second kappa shape index (κ2) is 4.91. The largest absolute Gasteiger partial charge is 0.493 e. The van der Waals surface area contributed by atoms with Crippen molar-refractivity contribution >= 4 is 11.9 Å². The van der Waals surface area contributed by atoms with Crippen molar-refractivity contribution in [1.82, 2.24) is 0 Å². The van der Waals surface area contributed by atoms with Crippen molar-refractivity contribution in [3.63, 3.8) is 0 Å². The summed E-state index contributed by atoms with van der Waals surface area (Å²) in [6.45, 7) is 3.99. The lowest BCUT2D eigenvalue weighted by Gasteiger charge is -2.22. The number of esters is 2. The summed E-state index contributed by atoms with van der Waals surface area (Å²) in [7, 11) is 1.58. The zero-order chi connectivity index (χ0) is 15.1. The van der Waals surface area contributed by atoms with Crippen LogP contribution < -0.4 is 4.74 Å². The highest BCUT2D eigenvalue weighted by atomic mass is 16.6. The molecule has 0 saturated carbocycles.